The number of aryl methyl sites for hydroxylation is 1. The molecule has 1 aromatic carbocycles. The molecule has 0 aliphatic heterocycles. The average Bonchev–Trinajstić information content (AvgIpc) is 2.49. The summed E-state index contributed by atoms with van der Waals surface area (Å²) in [6.45, 7) is 1.54. The van der Waals surface area contributed by atoms with Crippen LogP contribution in [0, 0.1) is 12.7 Å². The van der Waals surface area contributed by atoms with Crippen LogP contribution in [0.1, 0.15) is 5.69 Å². The smallest absolute Gasteiger partial charge is 0.187 e. The molecule has 2 aromatic rings. The number of nitrogens with zero attached hydrogens (tertiary/aromatic N) is 2. The Morgan fingerprint density at radius 3 is 2.55 bits per heavy atom. The molecule has 0 saturated heterocycles. The Morgan fingerprint density at radius 2 is 1.95 bits per heavy atom. The van der Waals surface area contributed by atoms with Crippen LogP contribution >= 0.6 is 0 Å². The highest BCUT2D eigenvalue weighted by molar-refractivity contribution is 5.67. The van der Waals surface area contributed by atoms with Gasteiger partial charge in [-0.2, -0.15) is 0 Å². The van der Waals surface area contributed by atoms with Gasteiger partial charge in [0, 0.05) is 0 Å². The van der Waals surface area contributed by atoms with E-state index in [2.05, 4.69) is 15.4 Å². The van der Waals surface area contributed by atoms with E-state index in [9.17, 15) is 4.39 Å². The van der Waals surface area contributed by atoms with E-state index < -0.39 is 5.82 Å². The Hall–Kier alpha value is -2.41. The first-order valence-corrected chi connectivity index (χ1v) is 5.83. The van der Waals surface area contributed by atoms with Crippen LogP contribution in [0.25, 0.3) is 11.4 Å². The Labute approximate surface area is 115 Å². The fraction of sp³-hybridized carbons (Fsp3) is 0.231. The van der Waals surface area contributed by atoms with Gasteiger partial charge in [-0.05, 0) is 25.1 Å². The van der Waals surface area contributed by atoms with Crippen LogP contribution in [0.4, 0.5) is 10.2 Å². The molecule has 0 saturated carbocycles. The van der Waals surface area contributed by atoms with Crippen molar-refractivity contribution in [1.29, 1.82) is 0 Å². The van der Waals surface area contributed by atoms with Gasteiger partial charge in [-0.1, -0.05) is 0 Å². The largest absolute Gasteiger partial charge is 0.497 e. The molecule has 7 heteroatoms. The summed E-state index contributed by atoms with van der Waals surface area (Å²) in [5, 5.41) is 0. The number of anilines is 1. The molecule has 3 N–H and O–H groups in total. The van der Waals surface area contributed by atoms with E-state index in [1.165, 1.54) is 14.0 Å². The van der Waals surface area contributed by atoms with E-state index in [0.717, 1.165) is 0 Å². The highest BCUT2D eigenvalue weighted by Gasteiger charge is 2.15. The zero-order valence-electron chi connectivity index (χ0n) is 11.4. The first-order chi connectivity index (χ1) is 9.60. The van der Waals surface area contributed by atoms with Gasteiger partial charge < -0.3 is 14.9 Å². The van der Waals surface area contributed by atoms with Crippen LogP contribution in [-0.4, -0.2) is 24.2 Å². The van der Waals surface area contributed by atoms with Crippen molar-refractivity contribution in [2.24, 2.45) is 5.84 Å². The summed E-state index contributed by atoms with van der Waals surface area (Å²) in [5.41, 5.74) is 2.99. The van der Waals surface area contributed by atoms with E-state index in [-0.39, 0.29) is 11.5 Å². The summed E-state index contributed by atoms with van der Waals surface area (Å²) in [6, 6.07) is 5.19. The zero-order chi connectivity index (χ0) is 14.7. The second-order valence-corrected chi connectivity index (χ2v) is 4.01. The third-order valence-corrected chi connectivity index (χ3v) is 2.80. The van der Waals surface area contributed by atoms with E-state index in [1.54, 1.807) is 25.3 Å². The van der Waals surface area contributed by atoms with Gasteiger partial charge in [0.05, 0.1) is 25.5 Å². The molecule has 1 aromatic heterocycles. The first kappa shape index (κ1) is 14.0. The third-order valence-electron chi connectivity index (χ3n) is 2.80. The van der Waals surface area contributed by atoms with Crippen molar-refractivity contribution in [2.45, 2.75) is 6.92 Å². The second-order valence-electron chi connectivity index (χ2n) is 4.01. The van der Waals surface area contributed by atoms with Gasteiger partial charge in [0.25, 0.3) is 0 Å². The standard InChI is InChI=1S/C13H15FN4O2/c1-7-11(14)13(18-15)17-12(16-7)9-6-8(19-2)4-5-10(9)20-3/h4-6H,15H2,1-3H3,(H,16,17,18). The van der Waals surface area contributed by atoms with Crippen molar-refractivity contribution < 1.29 is 13.9 Å². The molecule has 0 radical (unpaired) electrons. The van der Waals surface area contributed by atoms with Crippen molar-refractivity contribution in [3.8, 4) is 22.9 Å². The van der Waals surface area contributed by atoms with E-state index in [0.29, 0.717) is 22.9 Å². The minimum atomic E-state index is -0.585. The Bertz CT molecular complexity index is 634. The lowest BCUT2D eigenvalue weighted by Gasteiger charge is -2.11. The highest BCUT2D eigenvalue weighted by atomic mass is 19.1. The lowest BCUT2D eigenvalue weighted by atomic mass is 10.1. The summed E-state index contributed by atoms with van der Waals surface area (Å²) in [6.07, 6.45) is 0. The predicted molar refractivity (Wildman–Crippen MR) is 73.1 cm³/mol. The lowest BCUT2D eigenvalue weighted by Crippen LogP contribution is -2.13. The summed E-state index contributed by atoms with van der Waals surface area (Å²) >= 11 is 0. The molecule has 0 atom stereocenters. The summed E-state index contributed by atoms with van der Waals surface area (Å²) in [7, 11) is 3.08. The van der Waals surface area contributed by atoms with E-state index in [1.807, 2.05) is 0 Å². The topological polar surface area (TPSA) is 82.3 Å². The van der Waals surface area contributed by atoms with Gasteiger partial charge in [-0.15, -0.1) is 0 Å². The molecule has 0 spiro atoms. The molecule has 6 nitrogen and oxygen atoms in total. The summed E-state index contributed by atoms with van der Waals surface area (Å²) in [4.78, 5) is 8.17. The monoisotopic (exact) mass is 278 g/mol. The average molecular weight is 278 g/mol. The molecule has 0 bridgehead atoms. The number of aromatic nitrogens is 2. The molecule has 0 aliphatic rings. The fourth-order valence-electron chi connectivity index (χ4n) is 1.76. The molecule has 20 heavy (non-hydrogen) atoms. The molecule has 1 heterocycles. The molecular formula is C13H15FN4O2. The molecule has 0 fully saturated rings. The van der Waals surface area contributed by atoms with Crippen LogP contribution in [-0.2, 0) is 0 Å². The number of hydrogen-bond acceptors (Lipinski definition) is 6. The number of nitrogens with one attached hydrogen (secondary N) is 1. The van der Waals surface area contributed by atoms with Gasteiger partial charge >= 0.3 is 0 Å². The molecule has 0 unspecified atom stereocenters. The van der Waals surface area contributed by atoms with Gasteiger partial charge in [0.15, 0.2) is 17.5 Å². The maximum absolute atomic E-state index is 13.7. The normalized spacial score (nSPS) is 10.2. The number of nitrogen functional groups attached to an aromatic ring is 1. The van der Waals surface area contributed by atoms with Crippen LogP contribution in [0.3, 0.4) is 0 Å². The minimum absolute atomic E-state index is 0.0719. The van der Waals surface area contributed by atoms with Crippen molar-refractivity contribution >= 4 is 5.82 Å². The number of halogens is 1. The Kier molecular flexibility index (Phi) is 3.99. The van der Waals surface area contributed by atoms with Gasteiger partial charge in [0.2, 0.25) is 0 Å². The van der Waals surface area contributed by atoms with Crippen molar-refractivity contribution in [1.82, 2.24) is 9.97 Å². The molecule has 0 aliphatic carbocycles. The maximum atomic E-state index is 13.7. The SMILES string of the molecule is COc1ccc(OC)c(-c2nc(C)c(F)c(NN)n2)c1. The van der Waals surface area contributed by atoms with Crippen LogP contribution in [0.15, 0.2) is 18.2 Å². The quantitative estimate of drug-likeness (QED) is 0.656. The lowest BCUT2D eigenvalue weighted by molar-refractivity contribution is 0.404. The summed E-state index contributed by atoms with van der Waals surface area (Å²) in [5.74, 6) is 6.07. The first-order valence-electron chi connectivity index (χ1n) is 5.83. The van der Waals surface area contributed by atoms with Crippen molar-refractivity contribution in [3.05, 3.63) is 29.7 Å². The predicted octanol–water partition coefficient (Wildman–Crippen LogP) is 1.89. The number of nitrogens with two attached hydrogens (primary N) is 1. The van der Waals surface area contributed by atoms with Crippen molar-refractivity contribution in [2.75, 3.05) is 19.6 Å². The summed E-state index contributed by atoms with van der Waals surface area (Å²) < 4.78 is 24.1. The van der Waals surface area contributed by atoms with Crippen LogP contribution < -0.4 is 20.7 Å². The second kappa shape index (κ2) is 5.70. The maximum Gasteiger partial charge on any atom is 0.187 e. The number of rotatable bonds is 4. The Morgan fingerprint density at radius 1 is 1.20 bits per heavy atom. The number of hydrogen-bond donors (Lipinski definition) is 2. The number of hydrazine groups is 1. The van der Waals surface area contributed by atoms with Gasteiger partial charge in [-0.3, -0.25) is 0 Å². The third kappa shape index (κ3) is 2.48. The Balaban J connectivity index is 2.63. The van der Waals surface area contributed by atoms with E-state index in [4.69, 9.17) is 15.3 Å². The molecule has 2 rings (SSSR count). The molecular weight excluding hydrogens is 263 g/mol. The van der Waals surface area contributed by atoms with Crippen LogP contribution in [0.5, 0.6) is 11.5 Å². The number of ether oxygens (including phenoxy) is 2. The molecule has 0 amide bonds. The van der Waals surface area contributed by atoms with Gasteiger partial charge in [0.1, 0.15) is 11.5 Å². The zero-order valence-corrected chi connectivity index (χ0v) is 11.4. The minimum Gasteiger partial charge on any atom is -0.497 e. The number of methoxy groups -OCH3 is 2. The van der Waals surface area contributed by atoms with Crippen LogP contribution in [0.2, 0.25) is 0 Å². The number of benzene rings is 1. The fourth-order valence-corrected chi connectivity index (χ4v) is 1.76. The highest BCUT2D eigenvalue weighted by Crippen LogP contribution is 2.32. The van der Waals surface area contributed by atoms with Crippen molar-refractivity contribution in [3.63, 3.8) is 0 Å². The van der Waals surface area contributed by atoms with Gasteiger partial charge in [-0.25, -0.2) is 20.2 Å². The van der Waals surface area contributed by atoms with E-state index >= 15 is 0 Å². The molecule has 106 valence electrons.